The number of benzene rings is 2. The predicted octanol–water partition coefficient (Wildman–Crippen LogP) is 5.08. The summed E-state index contributed by atoms with van der Waals surface area (Å²) < 4.78 is 11.8. The monoisotopic (exact) mass is 435 g/mol. The van der Waals surface area contributed by atoms with Crippen molar-refractivity contribution >= 4 is 0 Å². The van der Waals surface area contributed by atoms with Gasteiger partial charge in [-0.25, -0.2) is 0 Å². The molecule has 0 heterocycles. The molecule has 0 saturated heterocycles. The summed E-state index contributed by atoms with van der Waals surface area (Å²) in [6.07, 6.45) is 8.61. The molecule has 0 radical (unpaired) electrons. The molecule has 4 nitrogen and oxygen atoms in total. The Kier molecular flexibility index (Phi) is 8.30. The summed E-state index contributed by atoms with van der Waals surface area (Å²) in [6, 6.07) is 18.1. The van der Waals surface area contributed by atoms with Crippen LogP contribution in [0.15, 0.2) is 78.9 Å². The van der Waals surface area contributed by atoms with Gasteiger partial charge in [0.2, 0.25) is 0 Å². The van der Waals surface area contributed by atoms with Crippen molar-refractivity contribution < 1.29 is 14.6 Å². The van der Waals surface area contributed by atoms with Crippen LogP contribution in [-0.4, -0.2) is 49.5 Å². The van der Waals surface area contributed by atoms with Gasteiger partial charge in [0.05, 0.1) is 11.7 Å². The quantitative estimate of drug-likeness (QED) is 0.534. The number of methoxy groups -OCH3 is 1. The lowest BCUT2D eigenvalue weighted by molar-refractivity contribution is -0.00511. The van der Waals surface area contributed by atoms with Crippen LogP contribution in [0, 0.1) is 0 Å². The van der Waals surface area contributed by atoms with Crippen LogP contribution in [0.5, 0.6) is 5.75 Å². The SMILES string of the molecule is CCN(CC)CCOc1ccc(C(C)(O)CC2(c3ccccc3)C=CC=CC2OC)cc1. The molecule has 3 unspecified atom stereocenters. The summed E-state index contributed by atoms with van der Waals surface area (Å²) in [5.74, 6) is 0.824. The van der Waals surface area contributed by atoms with E-state index < -0.39 is 11.0 Å². The van der Waals surface area contributed by atoms with Gasteiger partial charge in [0.25, 0.3) is 0 Å². The zero-order valence-electron chi connectivity index (χ0n) is 19.8. The van der Waals surface area contributed by atoms with Crippen LogP contribution in [0.4, 0.5) is 0 Å². The fourth-order valence-corrected chi connectivity index (χ4v) is 4.63. The first-order chi connectivity index (χ1) is 15.4. The fourth-order valence-electron chi connectivity index (χ4n) is 4.63. The third kappa shape index (κ3) is 5.50. The standard InChI is InChI=1S/C28H37NO3/c1-5-29(6-2)20-21-32-25-17-15-23(16-18-25)27(3,30)22-28(24-12-8-7-9-13-24)19-11-10-14-26(28)31-4/h7-19,26,30H,5-6,20-22H2,1-4H3. The fraction of sp³-hybridized carbons (Fsp3) is 0.429. The molecule has 0 aliphatic heterocycles. The lowest BCUT2D eigenvalue weighted by Gasteiger charge is -2.43. The lowest BCUT2D eigenvalue weighted by atomic mass is 9.66. The molecule has 1 N–H and O–H groups in total. The Morgan fingerprint density at radius 2 is 1.69 bits per heavy atom. The zero-order chi connectivity index (χ0) is 23.0. The normalized spacial score (nSPS) is 22.1. The van der Waals surface area contributed by atoms with Gasteiger partial charge >= 0.3 is 0 Å². The highest BCUT2D eigenvalue weighted by molar-refractivity contribution is 5.41. The van der Waals surface area contributed by atoms with E-state index in [1.165, 1.54) is 0 Å². The average molecular weight is 436 g/mol. The number of ether oxygens (including phenoxy) is 2. The van der Waals surface area contributed by atoms with Crippen molar-refractivity contribution in [2.45, 2.75) is 44.3 Å². The van der Waals surface area contributed by atoms with Gasteiger partial charge in [-0.05, 0) is 49.7 Å². The Labute approximate surface area is 193 Å². The Morgan fingerprint density at radius 3 is 2.31 bits per heavy atom. The molecule has 0 amide bonds. The Hall–Kier alpha value is -2.40. The number of hydrogen-bond donors (Lipinski definition) is 1. The second kappa shape index (κ2) is 11.0. The Balaban J connectivity index is 1.79. The zero-order valence-corrected chi connectivity index (χ0v) is 19.8. The van der Waals surface area contributed by atoms with Crippen LogP contribution in [-0.2, 0) is 15.8 Å². The molecule has 3 rings (SSSR count). The van der Waals surface area contributed by atoms with Crippen LogP contribution in [0.2, 0.25) is 0 Å². The summed E-state index contributed by atoms with van der Waals surface area (Å²) in [5, 5.41) is 11.6. The van der Waals surface area contributed by atoms with Crippen molar-refractivity contribution in [3.05, 3.63) is 90.0 Å². The molecule has 32 heavy (non-hydrogen) atoms. The second-order valence-electron chi connectivity index (χ2n) is 8.66. The van der Waals surface area contributed by atoms with E-state index >= 15 is 0 Å². The number of aliphatic hydroxyl groups is 1. The lowest BCUT2D eigenvalue weighted by Crippen LogP contribution is -2.44. The summed E-state index contributed by atoms with van der Waals surface area (Å²) in [6.45, 7) is 9.81. The minimum Gasteiger partial charge on any atom is -0.492 e. The first kappa shape index (κ1) is 24.2. The third-order valence-corrected chi connectivity index (χ3v) is 6.55. The summed E-state index contributed by atoms with van der Waals surface area (Å²) in [5.41, 5.74) is 0.473. The molecular formula is C28H37NO3. The van der Waals surface area contributed by atoms with Gasteiger partial charge in [0.15, 0.2) is 0 Å². The summed E-state index contributed by atoms with van der Waals surface area (Å²) in [4.78, 5) is 2.33. The van der Waals surface area contributed by atoms with Crippen LogP contribution < -0.4 is 4.74 Å². The van der Waals surface area contributed by atoms with Crippen LogP contribution in [0.1, 0.15) is 38.3 Å². The number of likely N-dealkylation sites (N-methyl/N-ethyl adjacent to an activating group) is 1. The largest absolute Gasteiger partial charge is 0.492 e. The topological polar surface area (TPSA) is 41.9 Å². The van der Waals surface area contributed by atoms with E-state index in [2.05, 4.69) is 43.0 Å². The molecule has 2 aromatic carbocycles. The molecule has 0 fully saturated rings. The highest BCUT2D eigenvalue weighted by Gasteiger charge is 2.44. The molecule has 3 atom stereocenters. The number of hydrogen-bond acceptors (Lipinski definition) is 4. The predicted molar refractivity (Wildman–Crippen MR) is 131 cm³/mol. The molecule has 1 aliphatic rings. The van der Waals surface area contributed by atoms with E-state index in [0.29, 0.717) is 13.0 Å². The molecule has 1 aliphatic carbocycles. The number of allylic oxidation sites excluding steroid dienone is 2. The maximum absolute atomic E-state index is 11.6. The summed E-state index contributed by atoms with van der Waals surface area (Å²) in [7, 11) is 1.73. The number of rotatable bonds is 11. The van der Waals surface area contributed by atoms with E-state index in [1.54, 1.807) is 7.11 Å². The first-order valence-corrected chi connectivity index (χ1v) is 11.6. The van der Waals surface area contributed by atoms with E-state index in [0.717, 1.165) is 36.5 Å². The van der Waals surface area contributed by atoms with Gasteiger partial charge < -0.3 is 19.5 Å². The van der Waals surface area contributed by atoms with Gasteiger partial charge in [-0.2, -0.15) is 0 Å². The number of nitrogens with zero attached hydrogens (tertiary/aromatic N) is 1. The van der Waals surface area contributed by atoms with Crippen LogP contribution in [0.25, 0.3) is 0 Å². The van der Waals surface area contributed by atoms with Gasteiger partial charge in [0.1, 0.15) is 12.4 Å². The summed E-state index contributed by atoms with van der Waals surface area (Å²) >= 11 is 0. The van der Waals surface area contributed by atoms with Crippen molar-refractivity contribution in [2.75, 3.05) is 33.4 Å². The molecule has 2 aromatic rings. The highest BCUT2D eigenvalue weighted by atomic mass is 16.5. The molecule has 172 valence electrons. The molecule has 0 aromatic heterocycles. The van der Waals surface area contributed by atoms with Crippen molar-refractivity contribution in [2.24, 2.45) is 0 Å². The van der Waals surface area contributed by atoms with E-state index in [9.17, 15) is 5.11 Å². The molecule has 0 spiro atoms. The van der Waals surface area contributed by atoms with Crippen molar-refractivity contribution in [3.8, 4) is 5.75 Å². The molecular weight excluding hydrogens is 398 g/mol. The van der Waals surface area contributed by atoms with Gasteiger partial charge in [-0.3, -0.25) is 0 Å². The molecule has 0 bridgehead atoms. The third-order valence-electron chi connectivity index (χ3n) is 6.55. The smallest absolute Gasteiger partial charge is 0.119 e. The highest BCUT2D eigenvalue weighted by Crippen LogP contribution is 2.44. The maximum Gasteiger partial charge on any atom is 0.119 e. The van der Waals surface area contributed by atoms with Crippen LogP contribution in [0.3, 0.4) is 0 Å². The van der Waals surface area contributed by atoms with Gasteiger partial charge in [-0.15, -0.1) is 0 Å². The van der Waals surface area contributed by atoms with Crippen molar-refractivity contribution in [1.82, 2.24) is 4.90 Å². The average Bonchev–Trinajstić information content (AvgIpc) is 2.83. The van der Waals surface area contributed by atoms with E-state index in [-0.39, 0.29) is 6.10 Å². The Bertz CT molecular complexity index is 885. The maximum atomic E-state index is 11.6. The Morgan fingerprint density at radius 1 is 1.00 bits per heavy atom. The van der Waals surface area contributed by atoms with E-state index in [4.69, 9.17) is 9.47 Å². The molecule has 0 saturated carbocycles. The second-order valence-corrected chi connectivity index (χ2v) is 8.66. The molecule has 4 heteroatoms. The van der Waals surface area contributed by atoms with Gasteiger partial charge in [0, 0.05) is 19.1 Å². The minimum absolute atomic E-state index is 0.163. The van der Waals surface area contributed by atoms with E-state index in [1.807, 2.05) is 61.5 Å². The van der Waals surface area contributed by atoms with Crippen molar-refractivity contribution in [1.29, 1.82) is 0 Å². The van der Waals surface area contributed by atoms with Crippen LogP contribution >= 0.6 is 0 Å². The first-order valence-electron chi connectivity index (χ1n) is 11.6. The van der Waals surface area contributed by atoms with Crippen molar-refractivity contribution in [3.63, 3.8) is 0 Å². The minimum atomic E-state index is -1.05. The van der Waals surface area contributed by atoms with Gasteiger partial charge in [-0.1, -0.05) is 80.6 Å².